The Balaban J connectivity index is 2.68. The van der Waals surface area contributed by atoms with Gasteiger partial charge in [-0.3, -0.25) is 0 Å². The van der Waals surface area contributed by atoms with Crippen LogP contribution in [0.25, 0.3) is 5.69 Å². The molecule has 0 radical (unpaired) electrons. The normalized spacial score (nSPS) is 11.9. The van der Waals surface area contributed by atoms with Crippen molar-refractivity contribution in [1.29, 1.82) is 0 Å². The van der Waals surface area contributed by atoms with Crippen molar-refractivity contribution in [3.05, 3.63) is 34.5 Å². The van der Waals surface area contributed by atoms with E-state index in [0.717, 1.165) is 23.9 Å². The summed E-state index contributed by atoms with van der Waals surface area (Å²) in [6.07, 6.45) is -2.78. The lowest BCUT2D eigenvalue weighted by molar-refractivity contribution is -0.137. The van der Waals surface area contributed by atoms with E-state index in [4.69, 9.17) is 17.3 Å². The standard InChI is InChI=1S/C12H11ClF3N3S/c1-6-3-10(17)19(18-6)11-8(13)4-7(12(14,15)16)5-9(11)20-2/h3-5H,17H2,1-2H3. The minimum atomic E-state index is -4.45. The maximum Gasteiger partial charge on any atom is 0.416 e. The van der Waals surface area contributed by atoms with Gasteiger partial charge < -0.3 is 5.73 Å². The molecule has 0 unspecified atom stereocenters. The number of nitrogens with two attached hydrogens (primary N) is 1. The van der Waals surface area contributed by atoms with E-state index in [2.05, 4.69) is 5.10 Å². The second kappa shape index (κ2) is 5.21. The van der Waals surface area contributed by atoms with Crippen molar-refractivity contribution in [2.24, 2.45) is 0 Å². The summed E-state index contributed by atoms with van der Waals surface area (Å²) in [7, 11) is 0. The summed E-state index contributed by atoms with van der Waals surface area (Å²) < 4.78 is 39.7. The Morgan fingerprint density at radius 1 is 1.30 bits per heavy atom. The van der Waals surface area contributed by atoms with E-state index in [0.29, 0.717) is 22.1 Å². The molecule has 1 aromatic heterocycles. The molecule has 0 aliphatic carbocycles. The number of thioether (sulfide) groups is 1. The zero-order chi connectivity index (χ0) is 15.1. The Bertz CT molecular complexity index is 652. The van der Waals surface area contributed by atoms with Gasteiger partial charge in [-0.25, -0.2) is 4.68 Å². The van der Waals surface area contributed by atoms with E-state index >= 15 is 0 Å². The number of benzene rings is 1. The molecular weight excluding hydrogens is 311 g/mol. The average Bonchev–Trinajstić information content (AvgIpc) is 2.65. The molecule has 1 heterocycles. The maximum absolute atomic E-state index is 12.8. The van der Waals surface area contributed by atoms with Crippen molar-refractivity contribution >= 4 is 29.2 Å². The zero-order valence-corrected chi connectivity index (χ0v) is 12.2. The molecule has 0 saturated heterocycles. The van der Waals surface area contributed by atoms with Gasteiger partial charge in [-0.05, 0) is 25.3 Å². The molecule has 0 amide bonds. The van der Waals surface area contributed by atoms with Crippen LogP contribution in [0.3, 0.4) is 0 Å². The largest absolute Gasteiger partial charge is 0.416 e. The third-order valence-corrected chi connectivity index (χ3v) is 3.69. The van der Waals surface area contributed by atoms with Crippen molar-refractivity contribution < 1.29 is 13.2 Å². The third-order valence-electron chi connectivity index (χ3n) is 2.65. The van der Waals surface area contributed by atoms with Crippen molar-refractivity contribution in [3.63, 3.8) is 0 Å². The molecule has 0 fully saturated rings. The number of halogens is 4. The summed E-state index contributed by atoms with van der Waals surface area (Å²) in [5.41, 5.74) is 6.02. The van der Waals surface area contributed by atoms with Crippen LogP contribution in [-0.2, 0) is 6.18 Å². The number of aromatic nitrogens is 2. The molecule has 108 valence electrons. The molecule has 2 aromatic rings. The fourth-order valence-corrected chi connectivity index (χ4v) is 2.79. The number of hydrogen-bond acceptors (Lipinski definition) is 3. The van der Waals surface area contributed by atoms with Gasteiger partial charge in [0.1, 0.15) is 5.82 Å². The fraction of sp³-hybridized carbons (Fsp3) is 0.250. The van der Waals surface area contributed by atoms with Crippen LogP contribution in [0.2, 0.25) is 5.02 Å². The summed E-state index contributed by atoms with van der Waals surface area (Å²) in [6, 6.07) is 3.55. The molecule has 8 heteroatoms. The molecule has 0 atom stereocenters. The van der Waals surface area contributed by atoms with Gasteiger partial charge in [0, 0.05) is 11.0 Å². The molecule has 0 saturated carbocycles. The second-order valence-electron chi connectivity index (χ2n) is 4.13. The molecule has 3 nitrogen and oxygen atoms in total. The highest BCUT2D eigenvalue weighted by molar-refractivity contribution is 7.98. The van der Waals surface area contributed by atoms with Gasteiger partial charge in [0.15, 0.2) is 0 Å². The minimum absolute atomic E-state index is 0.0426. The SMILES string of the molecule is CSc1cc(C(F)(F)F)cc(Cl)c1-n1nc(C)cc1N. The van der Waals surface area contributed by atoms with Gasteiger partial charge in [-0.15, -0.1) is 11.8 Å². The number of nitrogen functional groups attached to an aromatic ring is 1. The van der Waals surface area contributed by atoms with Gasteiger partial charge in [0.25, 0.3) is 0 Å². The fourth-order valence-electron chi connectivity index (χ4n) is 1.80. The van der Waals surface area contributed by atoms with E-state index < -0.39 is 11.7 Å². The first kappa shape index (κ1) is 15.1. The lowest BCUT2D eigenvalue weighted by atomic mass is 10.2. The number of anilines is 1. The molecule has 0 spiro atoms. The summed E-state index contributed by atoms with van der Waals surface area (Å²) >= 11 is 7.16. The number of nitrogens with zero attached hydrogens (tertiary/aromatic N) is 2. The van der Waals surface area contributed by atoms with Crippen LogP contribution in [0.15, 0.2) is 23.1 Å². The molecule has 0 aliphatic rings. The Morgan fingerprint density at radius 2 is 1.95 bits per heavy atom. The number of alkyl halides is 3. The quantitative estimate of drug-likeness (QED) is 0.845. The molecule has 1 aromatic carbocycles. The lowest BCUT2D eigenvalue weighted by Gasteiger charge is -2.15. The number of rotatable bonds is 2. The smallest absolute Gasteiger partial charge is 0.384 e. The van der Waals surface area contributed by atoms with Crippen molar-refractivity contribution in [2.75, 3.05) is 12.0 Å². The monoisotopic (exact) mass is 321 g/mol. The van der Waals surface area contributed by atoms with E-state index in [1.165, 1.54) is 4.68 Å². The minimum Gasteiger partial charge on any atom is -0.384 e. The highest BCUT2D eigenvalue weighted by Gasteiger charge is 2.32. The van der Waals surface area contributed by atoms with Crippen LogP contribution in [0.4, 0.5) is 19.0 Å². The van der Waals surface area contributed by atoms with Gasteiger partial charge in [-0.1, -0.05) is 11.6 Å². The van der Waals surface area contributed by atoms with Crippen LogP contribution in [0.5, 0.6) is 0 Å². The molecule has 20 heavy (non-hydrogen) atoms. The Labute approximate surface area is 122 Å². The Morgan fingerprint density at radius 3 is 2.40 bits per heavy atom. The average molecular weight is 322 g/mol. The van der Waals surface area contributed by atoms with Crippen molar-refractivity contribution in [2.45, 2.75) is 18.0 Å². The van der Waals surface area contributed by atoms with Gasteiger partial charge >= 0.3 is 6.18 Å². The van der Waals surface area contributed by atoms with E-state index in [9.17, 15) is 13.2 Å². The lowest BCUT2D eigenvalue weighted by Crippen LogP contribution is -2.09. The zero-order valence-electron chi connectivity index (χ0n) is 10.6. The van der Waals surface area contributed by atoms with Gasteiger partial charge in [-0.2, -0.15) is 18.3 Å². The van der Waals surface area contributed by atoms with E-state index in [1.54, 1.807) is 19.2 Å². The van der Waals surface area contributed by atoms with Crippen molar-refractivity contribution in [3.8, 4) is 5.69 Å². The molecule has 0 bridgehead atoms. The maximum atomic E-state index is 12.8. The van der Waals surface area contributed by atoms with Crippen LogP contribution in [0.1, 0.15) is 11.3 Å². The summed E-state index contributed by atoms with van der Waals surface area (Å²) in [5, 5.41) is 4.11. The van der Waals surface area contributed by atoms with Crippen LogP contribution >= 0.6 is 23.4 Å². The molecule has 0 aliphatic heterocycles. The van der Waals surface area contributed by atoms with Crippen LogP contribution in [-0.4, -0.2) is 16.0 Å². The Kier molecular flexibility index (Phi) is 3.93. The van der Waals surface area contributed by atoms with E-state index in [-0.39, 0.29) is 5.02 Å². The predicted octanol–water partition coefficient (Wildman–Crippen LogP) is 4.16. The topological polar surface area (TPSA) is 43.8 Å². The second-order valence-corrected chi connectivity index (χ2v) is 5.38. The van der Waals surface area contributed by atoms with Crippen LogP contribution < -0.4 is 5.73 Å². The predicted molar refractivity (Wildman–Crippen MR) is 74.5 cm³/mol. The molecule has 2 rings (SSSR count). The van der Waals surface area contributed by atoms with E-state index in [1.807, 2.05) is 0 Å². The summed E-state index contributed by atoms with van der Waals surface area (Å²) in [5.74, 6) is 0.319. The first-order valence-electron chi connectivity index (χ1n) is 5.51. The number of aryl methyl sites for hydroxylation is 1. The number of hydrogen-bond donors (Lipinski definition) is 1. The highest BCUT2D eigenvalue weighted by Crippen LogP contribution is 2.39. The first-order valence-corrected chi connectivity index (χ1v) is 7.11. The summed E-state index contributed by atoms with van der Waals surface area (Å²) in [6.45, 7) is 1.74. The van der Waals surface area contributed by atoms with Gasteiger partial charge in [0.05, 0.1) is 22.0 Å². The Hall–Kier alpha value is -1.34. The molecule has 2 N–H and O–H groups in total. The highest BCUT2D eigenvalue weighted by atomic mass is 35.5. The molecular formula is C12H11ClF3N3S. The van der Waals surface area contributed by atoms with Gasteiger partial charge in [0.2, 0.25) is 0 Å². The summed E-state index contributed by atoms with van der Waals surface area (Å²) in [4.78, 5) is 0.361. The first-order chi connectivity index (χ1) is 9.24. The van der Waals surface area contributed by atoms with Crippen LogP contribution in [0, 0.1) is 6.92 Å². The van der Waals surface area contributed by atoms with Crippen molar-refractivity contribution in [1.82, 2.24) is 9.78 Å². The third kappa shape index (κ3) is 2.73.